The Bertz CT molecular complexity index is 803. The van der Waals surface area contributed by atoms with Gasteiger partial charge in [-0.3, -0.25) is 0 Å². The second-order valence-electron chi connectivity index (χ2n) is 5.24. The summed E-state index contributed by atoms with van der Waals surface area (Å²) in [6, 6.07) is 15.7. The van der Waals surface area contributed by atoms with E-state index < -0.39 is 0 Å². The van der Waals surface area contributed by atoms with E-state index in [1.807, 2.05) is 48.8 Å². The van der Waals surface area contributed by atoms with Crippen LogP contribution in [0.3, 0.4) is 0 Å². The van der Waals surface area contributed by atoms with Gasteiger partial charge in [0.1, 0.15) is 0 Å². The molecule has 3 rings (SSSR count). The van der Waals surface area contributed by atoms with Gasteiger partial charge < -0.3 is 10.3 Å². The Labute approximate surface area is 170 Å². The lowest BCUT2D eigenvalue weighted by molar-refractivity contribution is 0.655. The Morgan fingerprint density at radius 2 is 1.68 bits per heavy atom. The van der Waals surface area contributed by atoms with E-state index in [-0.39, 0.29) is 24.8 Å². The van der Waals surface area contributed by atoms with E-state index >= 15 is 0 Å². The van der Waals surface area contributed by atoms with E-state index in [1.54, 1.807) is 6.07 Å². The van der Waals surface area contributed by atoms with E-state index in [4.69, 9.17) is 28.9 Å². The second kappa shape index (κ2) is 10.0. The minimum Gasteiger partial charge on any atom is -0.330 e. The zero-order valence-corrected chi connectivity index (χ0v) is 16.5. The highest BCUT2D eigenvalue weighted by Crippen LogP contribution is 2.38. The van der Waals surface area contributed by atoms with Gasteiger partial charge in [-0.15, -0.1) is 24.8 Å². The normalized spacial score (nSPS) is 10.0. The lowest BCUT2D eigenvalue weighted by atomic mass is 10.0. The summed E-state index contributed by atoms with van der Waals surface area (Å²) >= 11 is 12.7. The summed E-state index contributed by atoms with van der Waals surface area (Å²) in [6.07, 6.45) is 2.71. The molecule has 3 nitrogen and oxygen atoms in total. The number of aromatic nitrogens is 2. The van der Waals surface area contributed by atoms with Gasteiger partial charge >= 0.3 is 0 Å². The summed E-state index contributed by atoms with van der Waals surface area (Å²) in [5.41, 5.74) is 9.45. The predicted octanol–water partition coefficient (Wildman–Crippen LogP) is 5.72. The Morgan fingerprint density at radius 1 is 0.960 bits per heavy atom. The van der Waals surface area contributed by atoms with Gasteiger partial charge in [-0.1, -0.05) is 65.7 Å². The van der Waals surface area contributed by atoms with E-state index in [2.05, 4.69) is 9.55 Å². The zero-order chi connectivity index (χ0) is 16.2. The van der Waals surface area contributed by atoms with Crippen LogP contribution in [0, 0.1) is 0 Å². The predicted molar refractivity (Wildman–Crippen MR) is 111 cm³/mol. The van der Waals surface area contributed by atoms with Crippen molar-refractivity contribution in [1.82, 2.24) is 9.55 Å². The van der Waals surface area contributed by atoms with Crippen LogP contribution in [0.15, 0.2) is 54.9 Å². The molecule has 7 heteroatoms. The van der Waals surface area contributed by atoms with E-state index in [0.29, 0.717) is 16.6 Å². The lowest BCUT2D eigenvalue weighted by Gasteiger charge is -2.12. The number of imidazole rings is 1. The minimum absolute atomic E-state index is 0. The van der Waals surface area contributed by atoms with Crippen LogP contribution in [0.5, 0.6) is 0 Å². The third kappa shape index (κ3) is 4.69. The summed E-state index contributed by atoms with van der Waals surface area (Å²) in [4.78, 5) is 4.61. The van der Waals surface area contributed by atoms with Crippen LogP contribution >= 0.6 is 48.0 Å². The summed E-state index contributed by atoms with van der Waals surface area (Å²) < 4.78 is 2.09. The number of aryl methyl sites for hydroxylation is 1. The van der Waals surface area contributed by atoms with Crippen LogP contribution in [0.25, 0.3) is 22.5 Å². The van der Waals surface area contributed by atoms with Gasteiger partial charge in [-0.05, 0) is 19.0 Å². The summed E-state index contributed by atoms with van der Waals surface area (Å²) in [6.45, 7) is 1.41. The third-order valence-electron chi connectivity index (χ3n) is 3.69. The Kier molecular flexibility index (Phi) is 8.77. The molecule has 0 amide bonds. The van der Waals surface area contributed by atoms with Gasteiger partial charge in [0.2, 0.25) is 0 Å². The van der Waals surface area contributed by atoms with Gasteiger partial charge in [0, 0.05) is 17.7 Å². The van der Waals surface area contributed by atoms with Crippen LogP contribution in [-0.2, 0) is 6.54 Å². The number of hydrogen-bond acceptors (Lipinski definition) is 2. The summed E-state index contributed by atoms with van der Waals surface area (Å²) in [7, 11) is 0. The molecule has 0 saturated heterocycles. The highest BCUT2D eigenvalue weighted by molar-refractivity contribution is 6.43. The molecular formula is C18H19Cl4N3. The molecule has 3 aromatic rings. The van der Waals surface area contributed by atoms with Crippen molar-refractivity contribution in [2.75, 3.05) is 6.54 Å². The van der Waals surface area contributed by atoms with Crippen molar-refractivity contribution < 1.29 is 0 Å². The number of rotatable bonds is 5. The van der Waals surface area contributed by atoms with Crippen LogP contribution in [0.2, 0.25) is 10.0 Å². The number of nitrogens with two attached hydrogens (primary N) is 1. The van der Waals surface area contributed by atoms with Gasteiger partial charge in [-0.2, -0.15) is 0 Å². The van der Waals surface area contributed by atoms with Gasteiger partial charge in [0.25, 0.3) is 0 Å². The average Bonchev–Trinajstić information content (AvgIpc) is 3.00. The van der Waals surface area contributed by atoms with Crippen molar-refractivity contribution in [3.05, 3.63) is 64.9 Å². The molecule has 2 N–H and O–H groups in total. The molecule has 1 heterocycles. The summed E-state index contributed by atoms with van der Waals surface area (Å²) in [5, 5.41) is 1.08. The fourth-order valence-electron chi connectivity index (χ4n) is 2.59. The van der Waals surface area contributed by atoms with Crippen molar-refractivity contribution in [2.24, 2.45) is 5.73 Å². The fraction of sp³-hybridized carbons (Fsp3) is 0.167. The second-order valence-corrected chi connectivity index (χ2v) is 6.03. The molecule has 0 aliphatic rings. The standard InChI is InChI=1S/C18H17Cl2N3.2ClH/c19-15-9-4-8-14(16(15)20)18-17(13-6-2-1-3-7-13)22-12-23(18)11-5-10-21;;/h1-4,6-9,12H,5,10-11,21H2;2*1H. The molecular weight excluding hydrogens is 400 g/mol. The minimum atomic E-state index is 0. The molecule has 0 bridgehead atoms. The van der Waals surface area contributed by atoms with E-state index in [1.165, 1.54) is 0 Å². The molecule has 0 saturated carbocycles. The summed E-state index contributed by atoms with van der Waals surface area (Å²) in [5.74, 6) is 0. The highest BCUT2D eigenvalue weighted by Gasteiger charge is 2.18. The molecule has 0 atom stereocenters. The number of nitrogens with zero attached hydrogens (tertiary/aromatic N) is 2. The van der Waals surface area contributed by atoms with Crippen LogP contribution in [0.1, 0.15) is 6.42 Å². The quantitative estimate of drug-likeness (QED) is 0.575. The molecule has 25 heavy (non-hydrogen) atoms. The SMILES string of the molecule is Cl.Cl.NCCCn1cnc(-c2ccccc2)c1-c1cccc(Cl)c1Cl. The van der Waals surface area contributed by atoms with Crippen molar-refractivity contribution in [1.29, 1.82) is 0 Å². The maximum atomic E-state index is 6.45. The van der Waals surface area contributed by atoms with Gasteiger partial charge in [0.05, 0.1) is 27.8 Å². The third-order valence-corrected chi connectivity index (χ3v) is 4.51. The first-order valence-electron chi connectivity index (χ1n) is 7.47. The number of halogens is 4. The van der Waals surface area contributed by atoms with Crippen LogP contribution < -0.4 is 5.73 Å². The van der Waals surface area contributed by atoms with E-state index in [9.17, 15) is 0 Å². The monoisotopic (exact) mass is 417 g/mol. The molecule has 0 fully saturated rings. The maximum Gasteiger partial charge on any atom is 0.0963 e. The molecule has 0 spiro atoms. The first-order valence-corrected chi connectivity index (χ1v) is 8.23. The number of hydrogen-bond donors (Lipinski definition) is 1. The van der Waals surface area contributed by atoms with Crippen molar-refractivity contribution in [2.45, 2.75) is 13.0 Å². The molecule has 0 aliphatic heterocycles. The first-order chi connectivity index (χ1) is 11.2. The lowest BCUT2D eigenvalue weighted by Crippen LogP contribution is -2.06. The maximum absolute atomic E-state index is 6.45. The zero-order valence-electron chi connectivity index (χ0n) is 13.4. The largest absolute Gasteiger partial charge is 0.330 e. The Balaban J connectivity index is 0.00000156. The fourth-order valence-corrected chi connectivity index (χ4v) is 2.98. The van der Waals surface area contributed by atoms with Crippen molar-refractivity contribution in [3.63, 3.8) is 0 Å². The molecule has 134 valence electrons. The molecule has 1 aromatic heterocycles. The van der Waals surface area contributed by atoms with E-state index in [0.717, 1.165) is 35.5 Å². The first kappa shape index (κ1) is 21.8. The number of benzene rings is 2. The van der Waals surface area contributed by atoms with Crippen LogP contribution in [0.4, 0.5) is 0 Å². The molecule has 0 aliphatic carbocycles. The van der Waals surface area contributed by atoms with Gasteiger partial charge in [-0.25, -0.2) is 4.98 Å². The molecule has 0 unspecified atom stereocenters. The average molecular weight is 419 g/mol. The molecule has 0 radical (unpaired) electrons. The van der Waals surface area contributed by atoms with Crippen LogP contribution in [-0.4, -0.2) is 16.1 Å². The molecule has 2 aromatic carbocycles. The van der Waals surface area contributed by atoms with Crippen molar-refractivity contribution in [3.8, 4) is 22.5 Å². The smallest absolute Gasteiger partial charge is 0.0963 e. The van der Waals surface area contributed by atoms with Crippen molar-refractivity contribution >= 4 is 48.0 Å². The van der Waals surface area contributed by atoms with Gasteiger partial charge in [0.15, 0.2) is 0 Å². The Hall–Kier alpha value is -1.23. The Morgan fingerprint density at radius 3 is 2.36 bits per heavy atom. The topological polar surface area (TPSA) is 43.8 Å². The highest BCUT2D eigenvalue weighted by atomic mass is 35.5.